The van der Waals surface area contributed by atoms with E-state index in [1.165, 1.54) is 0 Å². The number of hydrogen-bond acceptors (Lipinski definition) is 1. The molecule has 0 atom stereocenters. The number of ketones is 1. The van der Waals surface area contributed by atoms with Crippen LogP contribution in [-0.4, -0.2) is 5.78 Å². The zero-order valence-corrected chi connectivity index (χ0v) is 9.60. The summed E-state index contributed by atoms with van der Waals surface area (Å²) in [4.78, 5) is 12.3. The SMILES string of the molecule is CC1=C(c2ccccc2)C(=O)c2ccccc21. The molecule has 17 heavy (non-hydrogen) atoms. The van der Waals surface area contributed by atoms with Crippen molar-refractivity contribution in [3.05, 3.63) is 71.3 Å². The molecule has 1 aliphatic rings. The van der Waals surface area contributed by atoms with Gasteiger partial charge in [-0.2, -0.15) is 0 Å². The molecule has 0 aromatic heterocycles. The van der Waals surface area contributed by atoms with E-state index in [9.17, 15) is 4.79 Å². The number of fused-ring (bicyclic) bond motifs is 1. The first kappa shape index (κ1) is 10.0. The third-order valence-electron chi connectivity index (χ3n) is 3.24. The van der Waals surface area contributed by atoms with Gasteiger partial charge in [0.25, 0.3) is 0 Å². The largest absolute Gasteiger partial charge is 0.289 e. The van der Waals surface area contributed by atoms with E-state index in [1.807, 2.05) is 61.5 Å². The van der Waals surface area contributed by atoms with Gasteiger partial charge in [0.05, 0.1) is 0 Å². The standard InChI is InChI=1S/C16H12O/c1-11-13-9-5-6-10-14(13)16(17)15(11)12-7-3-2-4-8-12/h2-10H,1H3. The molecule has 1 nitrogen and oxygen atoms in total. The fraction of sp³-hybridized carbons (Fsp3) is 0.0625. The zero-order valence-electron chi connectivity index (χ0n) is 9.60. The Labute approximate surface area is 100 Å². The van der Waals surface area contributed by atoms with Gasteiger partial charge in [-0.3, -0.25) is 4.79 Å². The average molecular weight is 220 g/mol. The van der Waals surface area contributed by atoms with Gasteiger partial charge in [-0.05, 0) is 23.6 Å². The molecule has 0 bridgehead atoms. The van der Waals surface area contributed by atoms with E-state index in [-0.39, 0.29) is 5.78 Å². The minimum Gasteiger partial charge on any atom is -0.289 e. The molecular weight excluding hydrogens is 208 g/mol. The Morgan fingerprint density at radius 2 is 1.35 bits per heavy atom. The Kier molecular flexibility index (Phi) is 2.19. The molecule has 82 valence electrons. The van der Waals surface area contributed by atoms with E-state index in [0.29, 0.717) is 0 Å². The van der Waals surface area contributed by atoms with E-state index >= 15 is 0 Å². The van der Waals surface area contributed by atoms with Gasteiger partial charge in [-0.25, -0.2) is 0 Å². The van der Waals surface area contributed by atoms with Crippen LogP contribution in [0, 0.1) is 0 Å². The normalized spacial score (nSPS) is 14.1. The third-order valence-corrected chi connectivity index (χ3v) is 3.24. The number of carbonyl (C=O) groups is 1. The van der Waals surface area contributed by atoms with Crippen LogP contribution in [0.25, 0.3) is 11.1 Å². The fourth-order valence-electron chi connectivity index (χ4n) is 2.40. The van der Waals surface area contributed by atoms with Crippen LogP contribution in [0.15, 0.2) is 54.6 Å². The topological polar surface area (TPSA) is 17.1 Å². The van der Waals surface area contributed by atoms with Crippen molar-refractivity contribution in [2.75, 3.05) is 0 Å². The molecular formula is C16H12O. The van der Waals surface area contributed by atoms with E-state index in [4.69, 9.17) is 0 Å². The molecule has 0 N–H and O–H groups in total. The molecule has 2 aromatic carbocycles. The summed E-state index contributed by atoms with van der Waals surface area (Å²) in [5, 5.41) is 0. The average Bonchev–Trinajstić information content (AvgIpc) is 2.64. The number of carbonyl (C=O) groups excluding carboxylic acids is 1. The lowest BCUT2D eigenvalue weighted by molar-refractivity contribution is 0.105. The first-order chi connectivity index (χ1) is 8.29. The van der Waals surface area contributed by atoms with Gasteiger partial charge >= 0.3 is 0 Å². The van der Waals surface area contributed by atoms with Crippen molar-refractivity contribution in [3.8, 4) is 0 Å². The van der Waals surface area contributed by atoms with Gasteiger partial charge < -0.3 is 0 Å². The van der Waals surface area contributed by atoms with Crippen LogP contribution in [0.1, 0.15) is 28.4 Å². The van der Waals surface area contributed by atoms with Crippen LogP contribution in [0.4, 0.5) is 0 Å². The summed E-state index contributed by atoms with van der Waals surface area (Å²) >= 11 is 0. The molecule has 0 aliphatic heterocycles. The smallest absolute Gasteiger partial charge is 0.194 e. The summed E-state index contributed by atoms with van der Waals surface area (Å²) in [7, 11) is 0. The van der Waals surface area contributed by atoms with Gasteiger partial charge in [-0.15, -0.1) is 0 Å². The molecule has 1 aliphatic carbocycles. The Bertz CT molecular complexity index is 621. The van der Waals surface area contributed by atoms with Crippen LogP contribution in [-0.2, 0) is 0 Å². The predicted octanol–water partition coefficient (Wildman–Crippen LogP) is 3.81. The molecule has 1 heteroatoms. The molecule has 0 unspecified atom stereocenters. The van der Waals surface area contributed by atoms with Crippen LogP contribution < -0.4 is 0 Å². The van der Waals surface area contributed by atoms with Crippen molar-refractivity contribution < 1.29 is 4.79 Å². The lowest BCUT2D eigenvalue weighted by atomic mass is 10.0. The summed E-state index contributed by atoms with van der Waals surface area (Å²) in [6.07, 6.45) is 0. The van der Waals surface area contributed by atoms with Crippen molar-refractivity contribution in [3.63, 3.8) is 0 Å². The second kappa shape index (κ2) is 3.70. The van der Waals surface area contributed by atoms with Crippen molar-refractivity contribution in [2.45, 2.75) is 6.92 Å². The molecule has 2 aromatic rings. The maximum absolute atomic E-state index is 12.3. The third kappa shape index (κ3) is 1.43. The second-order valence-corrected chi connectivity index (χ2v) is 4.24. The van der Waals surface area contributed by atoms with Gasteiger partial charge in [0, 0.05) is 11.1 Å². The molecule has 0 radical (unpaired) electrons. The van der Waals surface area contributed by atoms with Gasteiger partial charge in [0.15, 0.2) is 5.78 Å². The van der Waals surface area contributed by atoms with Gasteiger partial charge in [0.1, 0.15) is 0 Å². The Balaban J connectivity index is 2.22. The van der Waals surface area contributed by atoms with Crippen LogP contribution in [0.3, 0.4) is 0 Å². The van der Waals surface area contributed by atoms with Crippen molar-refractivity contribution in [1.82, 2.24) is 0 Å². The Morgan fingerprint density at radius 3 is 2.00 bits per heavy atom. The molecule has 0 saturated carbocycles. The summed E-state index contributed by atoms with van der Waals surface area (Å²) in [5.41, 5.74) is 4.81. The minimum absolute atomic E-state index is 0.143. The van der Waals surface area contributed by atoms with E-state index in [1.54, 1.807) is 0 Å². The summed E-state index contributed by atoms with van der Waals surface area (Å²) in [5.74, 6) is 0.143. The van der Waals surface area contributed by atoms with Gasteiger partial charge in [0.2, 0.25) is 0 Å². The predicted molar refractivity (Wildman–Crippen MR) is 69.7 cm³/mol. The maximum atomic E-state index is 12.3. The monoisotopic (exact) mass is 220 g/mol. The Morgan fingerprint density at radius 1 is 0.765 bits per heavy atom. The molecule has 0 saturated heterocycles. The number of Topliss-reactive ketones (excluding diaryl/α,β-unsaturated/α-hetero) is 1. The van der Waals surface area contributed by atoms with Crippen molar-refractivity contribution >= 4 is 16.9 Å². The second-order valence-electron chi connectivity index (χ2n) is 4.24. The fourth-order valence-corrected chi connectivity index (χ4v) is 2.40. The number of hydrogen-bond donors (Lipinski definition) is 0. The molecule has 0 fully saturated rings. The zero-order chi connectivity index (χ0) is 11.8. The summed E-state index contributed by atoms with van der Waals surface area (Å²) in [6.45, 7) is 2.02. The number of benzene rings is 2. The van der Waals surface area contributed by atoms with Gasteiger partial charge in [-0.1, -0.05) is 54.6 Å². The minimum atomic E-state index is 0.143. The highest BCUT2D eigenvalue weighted by atomic mass is 16.1. The van der Waals surface area contributed by atoms with Crippen LogP contribution in [0.2, 0.25) is 0 Å². The number of allylic oxidation sites excluding steroid dienone is 2. The summed E-state index contributed by atoms with van der Waals surface area (Å²) < 4.78 is 0. The quantitative estimate of drug-likeness (QED) is 0.714. The van der Waals surface area contributed by atoms with Crippen LogP contribution >= 0.6 is 0 Å². The van der Waals surface area contributed by atoms with E-state index < -0.39 is 0 Å². The summed E-state index contributed by atoms with van der Waals surface area (Å²) in [6, 6.07) is 17.7. The first-order valence-electron chi connectivity index (χ1n) is 5.69. The first-order valence-corrected chi connectivity index (χ1v) is 5.69. The van der Waals surface area contributed by atoms with Crippen molar-refractivity contribution in [1.29, 1.82) is 0 Å². The highest BCUT2D eigenvalue weighted by Crippen LogP contribution is 2.37. The molecule has 0 spiro atoms. The van der Waals surface area contributed by atoms with Crippen molar-refractivity contribution in [2.24, 2.45) is 0 Å². The highest BCUT2D eigenvalue weighted by Gasteiger charge is 2.27. The van der Waals surface area contributed by atoms with Crippen LogP contribution in [0.5, 0.6) is 0 Å². The highest BCUT2D eigenvalue weighted by molar-refractivity contribution is 6.39. The van der Waals surface area contributed by atoms with E-state index in [0.717, 1.165) is 27.8 Å². The Hall–Kier alpha value is -2.15. The number of rotatable bonds is 1. The lowest BCUT2D eigenvalue weighted by Crippen LogP contribution is -1.97. The lowest BCUT2D eigenvalue weighted by Gasteiger charge is -2.02. The maximum Gasteiger partial charge on any atom is 0.194 e. The molecule has 0 heterocycles. The van der Waals surface area contributed by atoms with E-state index in [2.05, 4.69) is 0 Å². The molecule has 0 amide bonds. The molecule has 3 rings (SSSR count).